The molecule has 23 N–H and O–H groups in total. The molecule has 139 heavy (non-hydrogen) atoms. The van der Waals surface area contributed by atoms with E-state index in [1.807, 2.05) is 0 Å². The highest BCUT2D eigenvalue weighted by Gasteiger charge is 2.66. The number of hydrogen-bond acceptors (Lipinski definition) is 41. The van der Waals surface area contributed by atoms with Crippen molar-refractivity contribution in [3.05, 3.63) is 144 Å². The molecule has 4 aromatic rings. The van der Waals surface area contributed by atoms with Crippen LogP contribution >= 0.6 is 23.2 Å². The third-order valence-corrected chi connectivity index (χ3v) is 25.4. The fourth-order valence-corrected chi connectivity index (χ4v) is 16.7. The second kappa shape index (κ2) is 46.5. The van der Waals surface area contributed by atoms with Crippen LogP contribution in [0, 0.1) is 37.0 Å². The van der Waals surface area contributed by atoms with Gasteiger partial charge in [-0.15, -0.1) is 23.2 Å². The van der Waals surface area contributed by atoms with Gasteiger partial charge in [-0.05, 0) is 76.2 Å². The van der Waals surface area contributed by atoms with Crippen LogP contribution in [0.3, 0.4) is 0 Å². The molecule has 0 bridgehead atoms. The maximum absolute atomic E-state index is 15.3. The van der Waals surface area contributed by atoms with Crippen LogP contribution in [0.1, 0.15) is 111 Å². The van der Waals surface area contributed by atoms with E-state index in [1.165, 1.54) is 79.6 Å². The van der Waals surface area contributed by atoms with E-state index in [0.29, 0.717) is 18.1 Å². The highest BCUT2D eigenvalue weighted by molar-refractivity contribution is 6.19. The smallest absolute Gasteiger partial charge is 0.323 e. The summed E-state index contributed by atoms with van der Waals surface area (Å²) in [6.07, 6.45) is -9.43. The maximum Gasteiger partial charge on any atom is 0.323 e. The number of unbranched alkanes of at least 4 members (excludes halogenated alkanes) is 4. The summed E-state index contributed by atoms with van der Waals surface area (Å²) < 4.78 is 147. The van der Waals surface area contributed by atoms with Gasteiger partial charge in [-0.25, -0.2) is 70.6 Å². The van der Waals surface area contributed by atoms with Crippen molar-refractivity contribution in [1.82, 2.24) is 58.6 Å². The first-order chi connectivity index (χ1) is 65.2. The monoisotopic (exact) mass is 2020 g/mol. The number of halogens is 9. The summed E-state index contributed by atoms with van der Waals surface area (Å²) in [5, 5.41) is 115. The van der Waals surface area contributed by atoms with E-state index in [0.717, 1.165) is 56.3 Å². The van der Waals surface area contributed by atoms with Crippen LogP contribution < -0.4 is 39.8 Å². The van der Waals surface area contributed by atoms with Gasteiger partial charge in [0.25, 0.3) is 11.1 Å². The number of aliphatic hydroxyl groups excluding tert-OH is 11. The molecule has 1 aliphatic carbocycles. The van der Waals surface area contributed by atoms with Gasteiger partial charge >= 0.3 is 11.9 Å². The van der Waals surface area contributed by atoms with Crippen LogP contribution in [0.15, 0.2) is 141 Å². The average Bonchev–Trinajstić information content (AvgIpc) is 1.56. The number of carbonyl (C=O) groups is 2. The summed E-state index contributed by atoms with van der Waals surface area (Å²) in [5.41, 5.74) is 16.8. The van der Waals surface area contributed by atoms with Crippen molar-refractivity contribution in [1.29, 1.82) is 5.26 Å². The minimum Gasteiger partial charge on any atom is -0.456 e. The predicted octanol–water partition coefficient (Wildman–Crippen LogP) is 0.339. The number of nitrogens with two attached hydrogens (primary N) is 5. The number of esters is 2. The summed E-state index contributed by atoms with van der Waals surface area (Å²) in [6.45, 7) is 19.6. The minimum absolute atomic E-state index is 0. The van der Waals surface area contributed by atoms with Gasteiger partial charge in [0.1, 0.15) is 123 Å². The quantitative estimate of drug-likeness (QED) is 0.0166. The first kappa shape index (κ1) is 112. The molecular weight excluding hydrogens is 1900 g/mol. The van der Waals surface area contributed by atoms with Crippen LogP contribution in [0.5, 0.6) is 0 Å². The Morgan fingerprint density at radius 2 is 0.921 bits per heavy atom. The van der Waals surface area contributed by atoms with Gasteiger partial charge in [0.2, 0.25) is 5.60 Å². The molecule has 6 saturated heterocycles. The van der Waals surface area contributed by atoms with Gasteiger partial charge in [0.15, 0.2) is 115 Å². The van der Waals surface area contributed by atoms with Crippen molar-refractivity contribution in [2.45, 2.75) is 257 Å². The Labute approximate surface area is 801 Å². The number of alkyl halides is 9. The summed E-state index contributed by atoms with van der Waals surface area (Å²) in [4.78, 5) is 89.8. The number of nitrogens with zero attached hydrogens (tertiary/aromatic N) is 15. The van der Waals surface area contributed by atoms with Crippen molar-refractivity contribution in [3.63, 3.8) is 0 Å². The molecule has 0 amide bonds. The van der Waals surface area contributed by atoms with E-state index in [2.05, 4.69) is 83.1 Å². The predicted molar refractivity (Wildman–Crippen MR) is 485 cm³/mol. The second-order valence-electron chi connectivity index (χ2n) is 34.2. The van der Waals surface area contributed by atoms with Crippen LogP contribution in [0.4, 0.5) is 30.7 Å². The van der Waals surface area contributed by atoms with Crippen molar-refractivity contribution in [3.8, 4) is 6.07 Å². The SMILES string of the molecule is C.C=C1N=C(N)C=CN1[C@@H]1O[C@@](CO)(C(C)F)[C@@H](O)[C@H]1F.C=C1N=C(N)C=CN1[C@@H]1O[C@@](CO)(C2CC2)[C@@H](O)[C@H]1F.C=C1N=C(N)C=CN1[C@@H]1O[C@@](CO)(CCl)[C@@H](OC(=O)C(N)C(C)C)[C@H]1F.C=C1N=C(N)C=CN1[C@@H]1O[C@@](CO)(CCl)[C@@H](OC(=O)CCCCCCC)[C@H]1F.Cc1nc2c(ncn2[C@@H]2OC(CO)(CO)[C@@H](O)[C@H]2F)c(=O)[nH]1.Cc1nc2c(ncn2[C@@H]2O[C@](C#N)(CO)[C@@H](O)[C@H]2F)c(=O)[nH]1. The Morgan fingerprint density at radius 1 is 0.540 bits per heavy atom. The summed E-state index contributed by atoms with van der Waals surface area (Å²) in [5.74, 6) is 0.0660. The lowest BCUT2D eigenvalue weighted by Gasteiger charge is -2.33. The standard InChI is InChI=1S/C19H29ClFN3O4.C16H24ClFN4O4.C13H18FN3O3.C12H17F2N3O3.C12H12FN5O4.C12H15FN4O5.CH4/c1-3-4-5-6-7-8-15(26)27-17-16(21)18(28-19(17,11-20)12-25)24-10-9-14(22)23-13(24)2;1-8(2)12(20)15(24)25-13-11(18)14(26-16(13,6-17)7-23)22-5-4-10(19)21-9(22)3;1-7-16-9(15)4-5-17(7)12-10(14)11(19)13(6-18,20-12)8-2-3-8;1-6(13)12(5-18)10(19)9(14)11(20-12)17-4-3-8(15)16-7(17)2;1-5-16-9-7(10(21)17-5)15-4-18(9)11-6(13)8(20)12(2-14,3-19)22-11;1-5-15-9-7(10(21)16-5)14-4-17(9)11-6(13)8(20)12(2-18,3-19)22-11;/h9-10,16-18,25H,2-8,11-12H2,1H3,(H2,22,23);4-5,8,11-14,23H,3,6-7,20H2,1-2H3,(H2,19,21);4-5,8,10-12,18-19H,1-3,6H2,(H2,15,16);3-4,6,9-11,18-19H,2,5H2,1H3,(H2,15,16);4,6,8,11,19-20H,3H2,1H3,(H,16,17,21);4,6,8,11,18-20H,2-3H2,1H3,(H,15,16,21);1H4/t16-,17+,18-,19-;11-,12?,13+,14-,16-;10-,11+,12-,13+;6?,9-,10+,11-,12+;6-,8+,11-,12-;6-,8+,11-;/m111111./s1. The molecule has 25 atom stereocenters. The number of aliphatic imine (C=N–C) groups is 4. The largest absolute Gasteiger partial charge is 0.456 e. The molecule has 10 aliphatic heterocycles. The first-order valence-corrected chi connectivity index (χ1v) is 44.4. The van der Waals surface area contributed by atoms with E-state index in [1.54, 1.807) is 33.8 Å². The van der Waals surface area contributed by atoms with Crippen molar-refractivity contribution in [2.75, 3.05) is 58.0 Å². The molecule has 2 unspecified atom stereocenters. The zero-order chi connectivity index (χ0) is 102. The van der Waals surface area contributed by atoms with Crippen LogP contribution in [-0.2, 0) is 47.5 Å². The number of aromatic amines is 2. The Hall–Kier alpha value is -10.5. The highest BCUT2D eigenvalue weighted by atomic mass is 35.5. The van der Waals surface area contributed by atoms with Gasteiger partial charge in [0, 0.05) is 31.2 Å². The zero-order valence-electron chi connectivity index (χ0n) is 75.6. The van der Waals surface area contributed by atoms with E-state index in [4.69, 9.17) is 95.0 Å². The molecule has 770 valence electrons. The Bertz CT molecular complexity index is 5380. The fraction of sp³-hybridized carbons (Fsp3) is 0.612. The third-order valence-electron chi connectivity index (χ3n) is 24.5. The van der Waals surface area contributed by atoms with Crippen LogP contribution in [0.25, 0.3) is 22.3 Å². The molecule has 0 spiro atoms. The second-order valence-corrected chi connectivity index (χ2v) is 34.8. The normalized spacial score (nSPS) is 33.0. The van der Waals surface area contributed by atoms with E-state index >= 15 is 8.78 Å². The van der Waals surface area contributed by atoms with Gasteiger partial charge < -0.3 is 152 Å². The summed E-state index contributed by atoms with van der Waals surface area (Å²) in [7, 11) is 0. The van der Waals surface area contributed by atoms with E-state index in [-0.39, 0.29) is 106 Å². The fourth-order valence-electron chi connectivity index (χ4n) is 16.1. The van der Waals surface area contributed by atoms with Crippen molar-refractivity contribution < 1.29 is 134 Å². The first-order valence-electron chi connectivity index (χ1n) is 43.3. The van der Waals surface area contributed by atoms with Crippen LogP contribution in [0.2, 0.25) is 0 Å². The van der Waals surface area contributed by atoms with E-state index in [9.17, 15) is 97.3 Å². The number of aliphatic hydroxyl groups is 11. The number of amidine groups is 4. The topological polar surface area (TPSA) is 674 Å². The molecule has 11 aliphatic rings. The number of aromatic nitrogens is 8. The summed E-state index contributed by atoms with van der Waals surface area (Å²) >= 11 is 11.9. The molecule has 15 rings (SSSR count). The molecule has 0 radical (unpaired) electrons. The van der Waals surface area contributed by atoms with Crippen molar-refractivity contribution >= 4 is 80.8 Å². The number of aryl methyl sites for hydroxylation is 2. The lowest BCUT2D eigenvalue weighted by Crippen LogP contribution is -2.52. The highest BCUT2D eigenvalue weighted by Crippen LogP contribution is 2.52. The lowest BCUT2D eigenvalue weighted by molar-refractivity contribution is -0.168. The number of hydrogen-bond donors (Lipinski definition) is 18. The maximum atomic E-state index is 15.3. The number of nitriles is 1. The Kier molecular flexibility index (Phi) is 37.5. The molecule has 45 nitrogen and oxygen atoms in total. The molecular formula is C85H119Cl2F7N22O23. The number of carbonyl (C=O) groups excluding carboxylic acids is 2. The van der Waals surface area contributed by atoms with Gasteiger partial charge in [0.05, 0.1) is 70.7 Å². The zero-order valence-corrected chi connectivity index (χ0v) is 77.2. The average molecular weight is 2020 g/mol. The minimum atomic E-state index is -2.07. The molecule has 0 aromatic carbocycles. The van der Waals surface area contributed by atoms with Gasteiger partial charge in [-0.1, -0.05) is 80.2 Å². The third kappa shape index (κ3) is 22.7. The van der Waals surface area contributed by atoms with E-state index < -0.39 is 226 Å². The van der Waals surface area contributed by atoms with Gasteiger partial charge in [-0.2, -0.15) is 5.26 Å². The number of H-pyrrole nitrogens is 2. The molecule has 7 fully saturated rings. The number of imidazole rings is 2. The summed E-state index contributed by atoms with van der Waals surface area (Å²) in [6, 6.07) is 0.643. The number of rotatable bonds is 27. The van der Waals surface area contributed by atoms with Crippen molar-refractivity contribution in [2.24, 2.45) is 60.5 Å². The Morgan fingerprint density at radius 3 is 1.27 bits per heavy atom. The number of fused-ring (bicyclic) bond motifs is 2. The van der Waals surface area contributed by atoms with Crippen LogP contribution in [-0.4, -0.2) is 352 Å². The number of ether oxygens (including phenoxy) is 8. The lowest BCUT2D eigenvalue weighted by atomic mass is 9.91. The Balaban J connectivity index is 0.000000187. The molecule has 54 heteroatoms. The number of nitrogens with one attached hydrogen (secondary N) is 2. The molecule has 4 aromatic heterocycles. The van der Waals surface area contributed by atoms with Gasteiger partial charge in [-0.3, -0.25) is 28.3 Å². The molecule has 1 saturated carbocycles. The molecule has 14 heterocycles.